The molecular weight excluding hydrogens is 208 g/mol. The van der Waals surface area contributed by atoms with Crippen molar-refractivity contribution >= 4 is 0 Å². The van der Waals surface area contributed by atoms with Gasteiger partial charge in [0.25, 0.3) is 0 Å². The highest BCUT2D eigenvalue weighted by molar-refractivity contribution is 5.21. The van der Waals surface area contributed by atoms with Crippen LogP contribution in [0.1, 0.15) is 30.4 Å². The molecule has 0 unspecified atom stereocenters. The van der Waals surface area contributed by atoms with Crippen LogP contribution in [0.2, 0.25) is 0 Å². The molecule has 0 atom stereocenters. The Morgan fingerprint density at radius 3 is 2.41 bits per heavy atom. The van der Waals surface area contributed by atoms with E-state index in [9.17, 15) is 0 Å². The Morgan fingerprint density at radius 2 is 1.82 bits per heavy atom. The predicted molar refractivity (Wildman–Crippen MR) is 72.9 cm³/mol. The van der Waals surface area contributed by atoms with Crippen molar-refractivity contribution in [1.29, 1.82) is 0 Å². The fourth-order valence-electron chi connectivity index (χ4n) is 2.62. The first-order chi connectivity index (χ1) is 8.28. The van der Waals surface area contributed by atoms with Crippen LogP contribution in [0.3, 0.4) is 0 Å². The van der Waals surface area contributed by atoms with E-state index in [1.165, 1.54) is 43.5 Å². The van der Waals surface area contributed by atoms with Gasteiger partial charge < -0.3 is 5.73 Å². The monoisotopic (exact) mass is 232 g/mol. The molecule has 0 spiro atoms. The summed E-state index contributed by atoms with van der Waals surface area (Å²) in [7, 11) is 0. The zero-order valence-corrected chi connectivity index (χ0v) is 10.9. The number of hydrogen-bond acceptors (Lipinski definition) is 2. The van der Waals surface area contributed by atoms with E-state index in [0.29, 0.717) is 0 Å². The molecule has 0 bridgehead atoms. The predicted octanol–water partition coefficient (Wildman–Crippen LogP) is 2.56. The van der Waals surface area contributed by atoms with Crippen LogP contribution < -0.4 is 5.73 Å². The molecule has 1 saturated heterocycles. The normalized spacial score (nSPS) is 18.5. The minimum absolute atomic E-state index is 0.850. The van der Waals surface area contributed by atoms with Crippen LogP contribution >= 0.6 is 0 Å². The van der Waals surface area contributed by atoms with Crippen molar-refractivity contribution in [1.82, 2.24) is 4.90 Å². The second-order valence-corrected chi connectivity index (χ2v) is 5.28. The van der Waals surface area contributed by atoms with Gasteiger partial charge in [0.1, 0.15) is 0 Å². The second kappa shape index (κ2) is 6.18. The van der Waals surface area contributed by atoms with Crippen molar-refractivity contribution in [3.05, 3.63) is 35.4 Å². The van der Waals surface area contributed by atoms with Crippen molar-refractivity contribution in [3.8, 4) is 0 Å². The van der Waals surface area contributed by atoms with E-state index in [1.807, 2.05) is 0 Å². The Hall–Kier alpha value is -0.860. The average molecular weight is 232 g/mol. The van der Waals surface area contributed by atoms with Crippen molar-refractivity contribution in [2.45, 2.75) is 32.7 Å². The van der Waals surface area contributed by atoms with Crippen molar-refractivity contribution in [3.63, 3.8) is 0 Å². The Balaban J connectivity index is 1.79. The molecule has 17 heavy (non-hydrogen) atoms. The quantitative estimate of drug-likeness (QED) is 0.864. The minimum atomic E-state index is 0.850. The van der Waals surface area contributed by atoms with Gasteiger partial charge in [0, 0.05) is 6.54 Å². The number of benzene rings is 1. The summed E-state index contributed by atoms with van der Waals surface area (Å²) in [5.41, 5.74) is 8.40. The van der Waals surface area contributed by atoms with Crippen LogP contribution in [0.25, 0.3) is 0 Å². The molecule has 1 fully saturated rings. The summed E-state index contributed by atoms with van der Waals surface area (Å²) in [6.45, 7) is 6.57. The Bertz CT molecular complexity index is 323. The molecule has 0 aliphatic carbocycles. The highest BCUT2D eigenvalue weighted by Crippen LogP contribution is 2.21. The van der Waals surface area contributed by atoms with Gasteiger partial charge in [0.15, 0.2) is 0 Å². The van der Waals surface area contributed by atoms with Gasteiger partial charge in [0.2, 0.25) is 0 Å². The highest BCUT2D eigenvalue weighted by Gasteiger charge is 2.18. The zero-order chi connectivity index (χ0) is 12.1. The van der Waals surface area contributed by atoms with Gasteiger partial charge in [-0.05, 0) is 57.3 Å². The minimum Gasteiger partial charge on any atom is -0.330 e. The molecular formula is C15H24N2. The van der Waals surface area contributed by atoms with E-state index >= 15 is 0 Å². The van der Waals surface area contributed by atoms with E-state index in [2.05, 4.69) is 36.1 Å². The molecule has 2 nitrogen and oxygen atoms in total. The molecule has 0 aromatic heterocycles. The number of piperidine rings is 1. The number of rotatable bonds is 4. The van der Waals surface area contributed by atoms with Gasteiger partial charge in [-0.3, -0.25) is 4.90 Å². The van der Waals surface area contributed by atoms with E-state index in [1.54, 1.807) is 0 Å². The fourth-order valence-corrected chi connectivity index (χ4v) is 2.62. The lowest BCUT2D eigenvalue weighted by Gasteiger charge is -2.31. The number of hydrogen-bond donors (Lipinski definition) is 1. The van der Waals surface area contributed by atoms with E-state index in [0.717, 1.165) is 19.0 Å². The van der Waals surface area contributed by atoms with E-state index in [4.69, 9.17) is 5.73 Å². The molecule has 1 aliphatic heterocycles. The third-order valence-corrected chi connectivity index (χ3v) is 3.81. The summed E-state index contributed by atoms with van der Waals surface area (Å²) in [5.74, 6) is 0.870. The van der Waals surface area contributed by atoms with Crippen LogP contribution in [-0.2, 0) is 6.54 Å². The summed E-state index contributed by atoms with van der Waals surface area (Å²) in [4.78, 5) is 2.57. The molecule has 94 valence electrons. The molecule has 1 heterocycles. The van der Waals surface area contributed by atoms with Crippen molar-refractivity contribution < 1.29 is 0 Å². The van der Waals surface area contributed by atoms with Crippen LogP contribution in [0.4, 0.5) is 0 Å². The Kier molecular flexibility index (Phi) is 4.57. The Morgan fingerprint density at radius 1 is 1.18 bits per heavy atom. The summed E-state index contributed by atoms with van der Waals surface area (Å²) in [6, 6.07) is 8.91. The van der Waals surface area contributed by atoms with Gasteiger partial charge >= 0.3 is 0 Å². The lowest BCUT2D eigenvalue weighted by molar-refractivity contribution is 0.173. The smallest absolute Gasteiger partial charge is 0.0233 e. The molecule has 1 aromatic carbocycles. The molecule has 1 aliphatic rings. The topological polar surface area (TPSA) is 29.3 Å². The van der Waals surface area contributed by atoms with Crippen molar-refractivity contribution in [2.24, 2.45) is 11.7 Å². The van der Waals surface area contributed by atoms with Crippen LogP contribution in [0.5, 0.6) is 0 Å². The Labute approximate surface area is 105 Å². The van der Waals surface area contributed by atoms with Crippen LogP contribution in [0, 0.1) is 12.8 Å². The van der Waals surface area contributed by atoms with Crippen molar-refractivity contribution in [2.75, 3.05) is 19.6 Å². The summed E-state index contributed by atoms with van der Waals surface area (Å²) in [6.07, 6.45) is 3.85. The largest absolute Gasteiger partial charge is 0.330 e. The van der Waals surface area contributed by atoms with Gasteiger partial charge in [-0.15, -0.1) is 0 Å². The first-order valence-corrected chi connectivity index (χ1v) is 6.76. The van der Waals surface area contributed by atoms with Crippen LogP contribution in [-0.4, -0.2) is 24.5 Å². The highest BCUT2D eigenvalue weighted by atomic mass is 15.1. The van der Waals surface area contributed by atoms with Crippen LogP contribution in [0.15, 0.2) is 24.3 Å². The van der Waals surface area contributed by atoms with Gasteiger partial charge in [0.05, 0.1) is 0 Å². The lowest BCUT2D eigenvalue weighted by Crippen LogP contribution is -2.33. The number of nitrogens with zero attached hydrogens (tertiary/aromatic N) is 1. The first kappa shape index (κ1) is 12.6. The SMILES string of the molecule is Cc1ccc(CN2CCC(CCN)CC2)cc1. The van der Waals surface area contributed by atoms with Gasteiger partial charge in [-0.2, -0.15) is 0 Å². The third kappa shape index (κ3) is 3.83. The summed E-state index contributed by atoms with van der Waals surface area (Å²) in [5, 5.41) is 0. The molecule has 0 saturated carbocycles. The van der Waals surface area contributed by atoms with Gasteiger partial charge in [-0.25, -0.2) is 0 Å². The molecule has 1 aromatic rings. The summed E-state index contributed by atoms with van der Waals surface area (Å²) >= 11 is 0. The molecule has 2 heteroatoms. The molecule has 0 amide bonds. The van der Waals surface area contributed by atoms with E-state index in [-0.39, 0.29) is 0 Å². The second-order valence-electron chi connectivity index (χ2n) is 5.28. The maximum atomic E-state index is 5.62. The van der Waals surface area contributed by atoms with Gasteiger partial charge in [-0.1, -0.05) is 29.8 Å². The number of likely N-dealkylation sites (tertiary alicyclic amines) is 1. The lowest BCUT2D eigenvalue weighted by atomic mass is 9.93. The molecule has 2 rings (SSSR count). The maximum Gasteiger partial charge on any atom is 0.0233 e. The first-order valence-electron chi connectivity index (χ1n) is 6.76. The fraction of sp³-hybridized carbons (Fsp3) is 0.600. The average Bonchev–Trinajstić information content (AvgIpc) is 2.35. The standard InChI is InChI=1S/C15H24N2/c1-13-2-4-15(5-3-13)12-17-10-7-14(6-9-16)8-11-17/h2-5,14H,6-12,16H2,1H3. The maximum absolute atomic E-state index is 5.62. The van der Waals surface area contributed by atoms with E-state index < -0.39 is 0 Å². The molecule has 0 radical (unpaired) electrons. The summed E-state index contributed by atoms with van der Waals surface area (Å²) < 4.78 is 0. The number of aryl methyl sites for hydroxylation is 1. The molecule has 2 N–H and O–H groups in total. The zero-order valence-electron chi connectivity index (χ0n) is 10.9. The third-order valence-electron chi connectivity index (χ3n) is 3.81. The number of nitrogens with two attached hydrogens (primary N) is 1.